The van der Waals surface area contributed by atoms with E-state index in [1.54, 1.807) is 11.8 Å². The molecule has 1 atom stereocenters. The van der Waals surface area contributed by atoms with Gasteiger partial charge in [0.2, 0.25) is 11.8 Å². The lowest BCUT2D eigenvalue weighted by Crippen LogP contribution is -2.48. The van der Waals surface area contributed by atoms with Gasteiger partial charge in [0, 0.05) is 17.6 Å². The molecular weight excluding hydrogens is 404 g/mol. The van der Waals surface area contributed by atoms with Crippen LogP contribution in [0.4, 0.5) is 0 Å². The largest absolute Gasteiger partial charge is 0.354 e. The SMILES string of the molecule is CCCCNC(=O)[C@H](C)N(Cc1ccc(Br)cc1)C(=O)Cc1ccccc1. The molecule has 0 heterocycles. The van der Waals surface area contributed by atoms with Gasteiger partial charge < -0.3 is 10.2 Å². The van der Waals surface area contributed by atoms with Gasteiger partial charge in [0.25, 0.3) is 0 Å². The third-order valence-corrected chi connectivity index (χ3v) is 4.99. The van der Waals surface area contributed by atoms with E-state index in [-0.39, 0.29) is 18.2 Å². The van der Waals surface area contributed by atoms with Crippen LogP contribution >= 0.6 is 15.9 Å². The molecule has 0 spiro atoms. The number of nitrogens with zero attached hydrogens (tertiary/aromatic N) is 1. The van der Waals surface area contributed by atoms with Gasteiger partial charge in [-0.2, -0.15) is 0 Å². The van der Waals surface area contributed by atoms with Crippen LogP contribution in [0.2, 0.25) is 0 Å². The highest BCUT2D eigenvalue weighted by Gasteiger charge is 2.25. The molecular formula is C22H27BrN2O2. The maximum absolute atomic E-state index is 13.0. The zero-order valence-electron chi connectivity index (χ0n) is 16.0. The van der Waals surface area contributed by atoms with Crippen LogP contribution in [0.3, 0.4) is 0 Å². The molecule has 0 aromatic heterocycles. The minimum absolute atomic E-state index is 0.0535. The fraction of sp³-hybridized carbons (Fsp3) is 0.364. The Balaban J connectivity index is 2.14. The molecule has 0 aliphatic rings. The van der Waals surface area contributed by atoms with Gasteiger partial charge in [0.1, 0.15) is 6.04 Å². The van der Waals surface area contributed by atoms with E-state index in [9.17, 15) is 9.59 Å². The third-order valence-electron chi connectivity index (χ3n) is 4.46. The first kappa shape index (κ1) is 21.2. The molecule has 0 saturated carbocycles. The number of hydrogen-bond acceptors (Lipinski definition) is 2. The average Bonchev–Trinajstić information content (AvgIpc) is 2.67. The van der Waals surface area contributed by atoms with Crippen LogP contribution in [0.5, 0.6) is 0 Å². The van der Waals surface area contributed by atoms with E-state index in [1.807, 2.05) is 54.6 Å². The normalized spacial score (nSPS) is 11.7. The zero-order chi connectivity index (χ0) is 19.6. The van der Waals surface area contributed by atoms with Crippen molar-refractivity contribution < 1.29 is 9.59 Å². The standard InChI is InChI=1S/C22H27BrN2O2/c1-3-4-14-24-22(27)17(2)25(16-19-10-12-20(23)13-11-19)21(26)15-18-8-6-5-7-9-18/h5-13,17H,3-4,14-16H2,1-2H3,(H,24,27)/t17-/m0/s1. The molecule has 27 heavy (non-hydrogen) atoms. The van der Waals surface area contributed by atoms with E-state index in [1.165, 1.54) is 0 Å². The molecule has 2 aromatic rings. The Morgan fingerprint density at radius 3 is 2.33 bits per heavy atom. The van der Waals surface area contributed by atoms with Crippen LogP contribution in [0.1, 0.15) is 37.8 Å². The molecule has 2 rings (SSSR count). The Bertz CT molecular complexity index is 732. The molecule has 4 nitrogen and oxygen atoms in total. The number of carbonyl (C=O) groups is 2. The number of halogens is 1. The lowest BCUT2D eigenvalue weighted by Gasteiger charge is -2.29. The smallest absolute Gasteiger partial charge is 0.242 e. The Morgan fingerprint density at radius 1 is 1.04 bits per heavy atom. The van der Waals surface area contributed by atoms with Crippen LogP contribution in [-0.2, 0) is 22.6 Å². The van der Waals surface area contributed by atoms with E-state index in [0.717, 1.165) is 28.4 Å². The summed E-state index contributed by atoms with van der Waals surface area (Å²) in [5.74, 6) is -0.163. The van der Waals surface area contributed by atoms with E-state index in [0.29, 0.717) is 13.1 Å². The predicted molar refractivity (Wildman–Crippen MR) is 112 cm³/mol. The van der Waals surface area contributed by atoms with Crippen molar-refractivity contribution in [2.45, 2.75) is 45.7 Å². The fourth-order valence-electron chi connectivity index (χ4n) is 2.78. The molecule has 0 aliphatic carbocycles. The summed E-state index contributed by atoms with van der Waals surface area (Å²) in [6, 6.07) is 16.9. The highest BCUT2D eigenvalue weighted by molar-refractivity contribution is 9.10. The second-order valence-corrected chi connectivity index (χ2v) is 7.55. The van der Waals surface area contributed by atoms with Crippen LogP contribution in [0, 0.1) is 0 Å². The average molecular weight is 431 g/mol. The van der Waals surface area contributed by atoms with Gasteiger partial charge in [-0.25, -0.2) is 0 Å². The number of rotatable bonds is 9. The number of unbranched alkanes of at least 4 members (excludes halogenated alkanes) is 1. The van der Waals surface area contributed by atoms with Gasteiger partial charge in [-0.05, 0) is 36.6 Å². The summed E-state index contributed by atoms with van der Waals surface area (Å²) < 4.78 is 0.985. The van der Waals surface area contributed by atoms with Crippen LogP contribution < -0.4 is 5.32 Å². The summed E-state index contributed by atoms with van der Waals surface area (Å²) in [5.41, 5.74) is 1.94. The molecule has 0 saturated heterocycles. The zero-order valence-corrected chi connectivity index (χ0v) is 17.5. The first-order chi connectivity index (χ1) is 13.0. The fourth-order valence-corrected chi connectivity index (χ4v) is 3.04. The second kappa shape index (κ2) is 10.9. The Kier molecular flexibility index (Phi) is 8.52. The maximum Gasteiger partial charge on any atom is 0.242 e. The molecule has 2 aromatic carbocycles. The second-order valence-electron chi connectivity index (χ2n) is 6.63. The van der Waals surface area contributed by atoms with Gasteiger partial charge >= 0.3 is 0 Å². The predicted octanol–water partition coefficient (Wildman–Crippen LogP) is 4.33. The molecule has 2 amide bonds. The van der Waals surface area contributed by atoms with Gasteiger partial charge in [0.05, 0.1) is 6.42 Å². The Morgan fingerprint density at radius 2 is 1.70 bits per heavy atom. The summed E-state index contributed by atoms with van der Waals surface area (Å²) in [5, 5.41) is 2.94. The third kappa shape index (κ3) is 6.83. The van der Waals surface area contributed by atoms with Crippen molar-refractivity contribution in [3.63, 3.8) is 0 Å². The number of hydrogen-bond donors (Lipinski definition) is 1. The van der Waals surface area contributed by atoms with Crippen molar-refractivity contribution in [1.82, 2.24) is 10.2 Å². The lowest BCUT2D eigenvalue weighted by atomic mass is 10.1. The topological polar surface area (TPSA) is 49.4 Å². The van der Waals surface area contributed by atoms with Crippen LogP contribution in [0.25, 0.3) is 0 Å². The van der Waals surface area contributed by atoms with Crippen molar-refractivity contribution in [3.05, 3.63) is 70.2 Å². The van der Waals surface area contributed by atoms with Crippen molar-refractivity contribution in [2.75, 3.05) is 6.54 Å². The number of benzene rings is 2. The van der Waals surface area contributed by atoms with Crippen molar-refractivity contribution in [2.24, 2.45) is 0 Å². The molecule has 5 heteroatoms. The van der Waals surface area contributed by atoms with Gasteiger partial charge in [-0.3, -0.25) is 9.59 Å². The molecule has 1 N–H and O–H groups in total. The summed E-state index contributed by atoms with van der Waals surface area (Å²) in [6.45, 7) is 4.92. The van der Waals surface area contributed by atoms with Crippen molar-refractivity contribution in [1.29, 1.82) is 0 Å². The van der Waals surface area contributed by atoms with Gasteiger partial charge in [0.15, 0.2) is 0 Å². The molecule has 0 fully saturated rings. The maximum atomic E-state index is 13.0. The van der Waals surface area contributed by atoms with E-state index >= 15 is 0 Å². The quantitative estimate of drug-likeness (QED) is 0.601. The highest BCUT2D eigenvalue weighted by atomic mass is 79.9. The summed E-state index contributed by atoms with van der Waals surface area (Å²) >= 11 is 3.43. The molecule has 0 unspecified atom stereocenters. The lowest BCUT2D eigenvalue weighted by molar-refractivity contribution is -0.140. The van der Waals surface area contributed by atoms with E-state index in [4.69, 9.17) is 0 Å². The molecule has 0 radical (unpaired) electrons. The number of carbonyl (C=O) groups excluding carboxylic acids is 2. The minimum Gasteiger partial charge on any atom is -0.354 e. The summed E-state index contributed by atoms with van der Waals surface area (Å²) in [7, 11) is 0. The minimum atomic E-state index is -0.526. The van der Waals surface area contributed by atoms with Gasteiger partial charge in [-0.1, -0.05) is 71.7 Å². The number of amides is 2. The van der Waals surface area contributed by atoms with Crippen LogP contribution in [0.15, 0.2) is 59.1 Å². The molecule has 0 bridgehead atoms. The first-order valence-electron chi connectivity index (χ1n) is 9.36. The highest BCUT2D eigenvalue weighted by Crippen LogP contribution is 2.15. The van der Waals surface area contributed by atoms with E-state index < -0.39 is 6.04 Å². The molecule has 0 aliphatic heterocycles. The Labute approximate surface area is 170 Å². The molecule has 144 valence electrons. The summed E-state index contributed by atoms with van der Waals surface area (Å²) in [6.07, 6.45) is 2.23. The van der Waals surface area contributed by atoms with Crippen LogP contribution in [-0.4, -0.2) is 29.3 Å². The number of nitrogens with one attached hydrogen (secondary N) is 1. The first-order valence-corrected chi connectivity index (χ1v) is 10.2. The Hall–Kier alpha value is -2.14. The monoisotopic (exact) mass is 430 g/mol. The van der Waals surface area contributed by atoms with E-state index in [2.05, 4.69) is 28.2 Å². The van der Waals surface area contributed by atoms with Gasteiger partial charge in [-0.15, -0.1) is 0 Å². The van der Waals surface area contributed by atoms with Crippen molar-refractivity contribution in [3.8, 4) is 0 Å². The summed E-state index contributed by atoms with van der Waals surface area (Å²) in [4.78, 5) is 27.2. The van der Waals surface area contributed by atoms with Crippen molar-refractivity contribution >= 4 is 27.7 Å².